The van der Waals surface area contributed by atoms with Crippen molar-refractivity contribution in [3.8, 4) is 0 Å². The van der Waals surface area contributed by atoms with Gasteiger partial charge in [-0.25, -0.2) is 4.68 Å². The van der Waals surface area contributed by atoms with E-state index in [0.29, 0.717) is 16.5 Å². The SMILES string of the molecule is Cc1ccc(COC(=O)Cc2nn(C)c(=O)c3ccccc23)cc1. The van der Waals surface area contributed by atoms with Crippen LogP contribution in [0.15, 0.2) is 53.3 Å². The normalized spacial score (nSPS) is 10.8. The zero-order valence-electron chi connectivity index (χ0n) is 13.7. The molecule has 0 bridgehead atoms. The molecule has 122 valence electrons. The highest BCUT2D eigenvalue weighted by atomic mass is 16.5. The Morgan fingerprint density at radius 3 is 2.46 bits per heavy atom. The van der Waals surface area contributed by atoms with Gasteiger partial charge in [-0.15, -0.1) is 0 Å². The number of esters is 1. The predicted molar refractivity (Wildman–Crippen MR) is 91.7 cm³/mol. The molecule has 0 N–H and O–H groups in total. The van der Waals surface area contributed by atoms with Crippen molar-refractivity contribution in [3.05, 3.63) is 75.7 Å². The van der Waals surface area contributed by atoms with E-state index in [1.54, 1.807) is 25.2 Å². The van der Waals surface area contributed by atoms with Gasteiger partial charge in [0, 0.05) is 12.4 Å². The third kappa shape index (κ3) is 3.35. The molecule has 1 heterocycles. The van der Waals surface area contributed by atoms with E-state index < -0.39 is 0 Å². The Morgan fingerprint density at radius 1 is 1.08 bits per heavy atom. The average molecular weight is 322 g/mol. The molecule has 0 radical (unpaired) electrons. The van der Waals surface area contributed by atoms with E-state index in [-0.39, 0.29) is 24.6 Å². The molecule has 0 fully saturated rings. The van der Waals surface area contributed by atoms with E-state index in [1.807, 2.05) is 37.3 Å². The highest BCUT2D eigenvalue weighted by Gasteiger charge is 2.13. The molecule has 0 aliphatic carbocycles. The van der Waals surface area contributed by atoms with Gasteiger partial charge in [0.15, 0.2) is 0 Å². The number of carbonyl (C=O) groups is 1. The molecule has 0 saturated carbocycles. The van der Waals surface area contributed by atoms with E-state index in [0.717, 1.165) is 11.1 Å². The number of nitrogens with zero attached hydrogens (tertiary/aromatic N) is 2. The molecular formula is C19H18N2O3. The molecule has 0 atom stereocenters. The first-order valence-electron chi connectivity index (χ1n) is 7.70. The zero-order valence-corrected chi connectivity index (χ0v) is 13.7. The first-order valence-corrected chi connectivity index (χ1v) is 7.70. The number of benzene rings is 2. The van der Waals surface area contributed by atoms with Crippen molar-refractivity contribution in [2.75, 3.05) is 0 Å². The quantitative estimate of drug-likeness (QED) is 0.693. The first kappa shape index (κ1) is 15.9. The number of ether oxygens (including phenoxy) is 1. The topological polar surface area (TPSA) is 61.2 Å². The summed E-state index contributed by atoms with van der Waals surface area (Å²) < 4.78 is 6.58. The molecule has 0 aliphatic heterocycles. The summed E-state index contributed by atoms with van der Waals surface area (Å²) in [5.74, 6) is -0.369. The fraction of sp³-hybridized carbons (Fsp3) is 0.211. The van der Waals surface area contributed by atoms with Crippen LogP contribution in [0.2, 0.25) is 0 Å². The monoisotopic (exact) mass is 322 g/mol. The maximum atomic E-state index is 12.1. The summed E-state index contributed by atoms with van der Waals surface area (Å²) in [5.41, 5.74) is 2.46. The van der Waals surface area contributed by atoms with Gasteiger partial charge in [0.2, 0.25) is 0 Å². The standard InChI is InChI=1S/C19H18N2O3/c1-13-7-9-14(10-8-13)12-24-18(22)11-17-15-5-3-4-6-16(15)19(23)21(2)20-17/h3-10H,11-12H2,1-2H3. The Balaban J connectivity index is 1.77. The Labute approximate surface area is 139 Å². The lowest BCUT2D eigenvalue weighted by atomic mass is 10.1. The van der Waals surface area contributed by atoms with Gasteiger partial charge in [0.1, 0.15) is 6.61 Å². The van der Waals surface area contributed by atoms with Crippen LogP contribution < -0.4 is 5.56 Å². The second-order valence-electron chi connectivity index (χ2n) is 5.74. The van der Waals surface area contributed by atoms with Crippen LogP contribution >= 0.6 is 0 Å². The van der Waals surface area contributed by atoms with Crippen LogP contribution in [0.3, 0.4) is 0 Å². The van der Waals surface area contributed by atoms with E-state index in [9.17, 15) is 9.59 Å². The highest BCUT2D eigenvalue weighted by molar-refractivity contribution is 5.86. The van der Waals surface area contributed by atoms with Crippen LogP contribution in [-0.4, -0.2) is 15.7 Å². The fourth-order valence-electron chi connectivity index (χ4n) is 2.54. The lowest BCUT2D eigenvalue weighted by Crippen LogP contribution is -2.22. The Morgan fingerprint density at radius 2 is 1.75 bits per heavy atom. The minimum atomic E-state index is -0.369. The molecule has 2 aromatic carbocycles. The van der Waals surface area contributed by atoms with Gasteiger partial charge in [-0.2, -0.15) is 5.10 Å². The summed E-state index contributed by atoms with van der Waals surface area (Å²) >= 11 is 0. The van der Waals surface area contributed by atoms with Crippen molar-refractivity contribution in [2.24, 2.45) is 7.05 Å². The fourth-order valence-corrected chi connectivity index (χ4v) is 2.54. The van der Waals surface area contributed by atoms with E-state index in [1.165, 1.54) is 4.68 Å². The van der Waals surface area contributed by atoms with Gasteiger partial charge < -0.3 is 4.74 Å². The number of aromatic nitrogens is 2. The van der Waals surface area contributed by atoms with Gasteiger partial charge in [-0.1, -0.05) is 48.0 Å². The lowest BCUT2D eigenvalue weighted by molar-refractivity contribution is -0.144. The summed E-state index contributed by atoms with van der Waals surface area (Å²) in [6, 6.07) is 15.0. The molecular weight excluding hydrogens is 304 g/mol. The van der Waals surface area contributed by atoms with Gasteiger partial charge in [-0.05, 0) is 18.6 Å². The molecule has 24 heavy (non-hydrogen) atoms. The van der Waals surface area contributed by atoms with E-state index >= 15 is 0 Å². The molecule has 0 amide bonds. The molecule has 5 nitrogen and oxygen atoms in total. The van der Waals surface area contributed by atoms with Crippen LogP contribution in [0.5, 0.6) is 0 Å². The molecule has 5 heteroatoms. The number of carbonyl (C=O) groups excluding carboxylic acids is 1. The molecule has 0 unspecified atom stereocenters. The third-order valence-electron chi connectivity index (χ3n) is 3.87. The minimum absolute atomic E-state index is 0.0283. The van der Waals surface area contributed by atoms with Gasteiger partial charge in [-0.3, -0.25) is 9.59 Å². The highest BCUT2D eigenvalue weighted by Crippen LogP contribution is 2.14. The second-order valence-corrected chi connectivity index (χ2v) is 5.74. The smallest absolute Gasteiger partial charge is 0.312 e. The average Bonchev–Trinajstić information content (AvgIpc) is 2.59. The molecule has 0 saturated heterocycles. The van der Waals surface area contributed by atoms with Gasteiger partial charge in [0.05, 0.1) is 17.5 Å². The maximum absolute atomic E-state index is 12.1. The summed E-state index contributed by atoms with van der Waals surface area (Å²) in [6.07, 6.45) is 0.0283. The van der Waals surface area contributed by atoms with Crippen molar-refractivity contribution in [1.82, 2.24) is 9.78 Å². The Hall–Kier alpha value is -2.95. The number of rotatable bonds is 4. The van der Waals surface area contributed by atoms with Gasteiger partial charge >= 0.3 is 5.97 Å². The van der Waals surface area contributed by atoms with Crippen LogP contribution in [0, 0.1) is 6.92 Å². The molecule has 1 aromatic heterocycles. The maximum Gasteiger partial charge on any atom is 0.312 e. The first-order chi connectivity index (χ1) is 11.5. The molecule has 0 spiro atoms. The van der Waals surface area contributed by atoms with Crippen LogP contribution in [0.25, 0.3) is 10.8 Å². The largest absolute Gasteiger partial charge is 0.461 e. The van der Waals surface area contributed by atoms with Crippen molar-refractivity contribution in [2.45, 2.75) is 20.0 Å². The molecule has 0 aliphatic rings. The lowest BCUT2D eigenvalue weighted by Gasteiger charge is -2.08. The third-order valence-corrected chi connectivity index (χ3v) is 3.87. The van der Waals surface area contributed by atoms with Crippen LogP contribution in [0.4, 0.5) is 0 Å². The molecule has 3 rings (SSSR count). The van der Waals surface area contributed by atoms with Crippen molar-refractivity contribution >= 4 is 16.7 Å². The molecule has 3 aromatic rings. The summed E-state index contributed by atoms with van der Waals surface area (Å²) in [6.45, 7) is 2.23. The Kier molecular flexibility index (Phi) is 4.42. The predicted octanol–water partition coefficient (Wildman–Crippen LogP) is 2.53. The van der Waals surface area contributed by atoms with Crippen molar-refractivity contribution < 1.29 is 9.53 Å². The number of aryl methyl sites for hydroxylation is 2. The zero-order chi connectivity index (χ0) is 17.1. The summed E-state index contributed by atoms with van der Waals surface area (Å²) in [4.78, 5) is 24.2. The number of hydrogen-bond donors (Lipinski definition) is 0. The number of fused-ring (bicyclic) bond motifs is 1. The number of hydrogen-bond acceptors (Lipinski definition) is 4. The summed E-state index contributed by atoms with van der Waals surface area (Å²) in [7, 11) is 1.58. The second kappa shape index (κ2) is 6.66. The van der Waals surface area contributed by atoms with Crippen molar-refractivity contribution in [3.63, 3.8) is 0 Å². The van der Waals surface area contributed by atoms with Crippen molar-refractivity contribution in [1.29, 1.82) is 0 Å². The summed E-state index contributed by atoms with van der Waals surface area (Å²) in [5, 5.41) is 5.45. The van der Waals surface area contributed by atoms with Crippen LogP contribution in [0.1, 0.15) is 16.8 Å². The van der Waals surface area contributed by atoms with E-state index in [4.69, 9.17) is 4.74 Å². The Bertz CT molecular complexity index is 943. The minimum Gasteiger partial charge on any atom is -0.461 e. The van der Waals surface area contributed by atoms with Crippen LogP contribution in [-0.2, 0) is 29.6 Å². The van der Waals surface area contributed by atoms with Gasteiger partial charge in [0.25, 0.3) is 5.56 Å². The van der Waals surface area contributed by atoms with E-state index in [2.05, 4.69) is 5.10 Å².